The SMILES string of the molecule is CCCNC(=O)[C@H](Cc1ccccc1)N(Cc1ccc(F)cc1)C(=O)CN(c1ccc(F)cc1)S(=O)(=O)c1ccccc1. The Kier molecular flexibility index (Phi) is 10.6. The number of nitrogens with one attached hydrogen (secondary N) is 1. The lowest BCUT2D eigenvalue weighted by molar-refractivity contribution is -0.140. The van der Waals surface area contributed by atoms with Crippen LogP contribution in [0.1, 0.15) is 24.5 Å². The molecule has 224 valence electrons. The number of anilines is 1. The molecule has 0 heterocycles. The van der Waals surface area contributed by atoms with E-state index in [0.717, 1.165) is 22.0 Å². The highest BCUT2D eigenvalue weighted by Crippen LogP contribution is 2.25. The summed E-state index contributed by atoms with van der Waals surface area (Å²) in [4.78, 5) is 29.1. The third-order valence-corrected chi connectivity index (χ3v) is 8.60. The Labute approximate surface area is 250 Å². The van der Waals surface area contributed by atoms with Gasteiger partial charge >= 0.3 is 0 Å². The third-order valence-electron chi connectivity index (χ3n) is 6.81. The van der Waals surface area contributed by atoms with Crippen molar-refractivity contribution >= 4 is 27.5 Å². The summed E-state index contributed by atoms with van der Waals surface area (Å²) in [5.41, 5.74) is 1.43. The molecule has 43 heavy (non-hydrogen) atoms. The number of amides is 2. The summed E-state index contributed by atoms with van der Waals surface area (Å²) in [6.07, 6.45) is 0.828. The highest BCUT2D eigenvalue weighted by molar-refractivity contribution is 7.92. The molecule has 4 rings (SSSR count). The molecule has 0 fully saturated rings. The Hall–Kier alpha value is -4.57. The van der Waals surface area contributed by atoms with Crippen molar-refractivity contribution in [3.63, 3.8) is 0 Å². The first-order valence-electron chi connectivity index (χ1n) is 13.9. The van der Waals surface area contributed by atoms with Crippen LogP contribution in [0.3, 0.4) is 0 Å². The van der Waals surface area contributed by atoms with E-state index >= 15 is 0 Å². The summed E-state index contributed by atoms with van der Waals surface area (Å²) in [5, 5.41) is 2.86. The molecule has 0 aliphatic heterocycles. The zero-order valence-electron chi connectivity index (χ0n) is 23.7. The highest BCUT2D eigenvalue weighted by atomic mass is 32.2. The Morgan fingerprint density at radius 1 is 0.767 bits per heavy atom. The molecular weight excluding hydrogens is 572 g/mol. The smallest absolute Gasteiger partial charge is 0.264 e. The zero-order chi connectivity index (χ0) is 30.8. The van der Waals surface area contributed by atoms with Gasteiger partial charge in [0.1, 0.15) is 24.2 Å². The molecule has 0 spiro atoms. The van der Waals surface area contributed by atoms with Gasteiger partial charge in [0.2, 0.25) is 11.8 Å². The zero-order valence-corrected chi connectivity index (χ0v) is 24.5. The molecule has 4 aromatic carbocycles. The van der Waals surface area contributed by atoms with Crippen LogP contribution in [0.2, 0.25) is 0 Å². The minimum Gasteiger partial charge on any atom is -0.354 e. The van der Waals surface area contributed by atoms with E-state index in [1.165, 1.54) is 53.4 Å². The van der Waals surface area contributed by atoms with E-state index in [0.29, 0.717) is 18.5 Å². The Bertz CT molecular complexity index is 1600. The summed E-state index contributed by atoms with van der Waals surface area (Å²) in [6, 6.07) is 26.1. The maximum absolute atomic E-state index is 14.2. The van der Waals surface area contributed by atoms with Crippen LogP contribution in [0.15, 0.2) is 114 Å². The minimum atomic E-state index is -4.28. The summed E-state index contributed by atoms with van der Waals surface area (Å²) in [6.45, 7) is 1.53. The molecule has 0 radical (unpaired) electrons. The van der Waals surface area contributed by atoms with Crippen LogP contribution < -0.4 is 9.62 Å². The van der Waals surface area contributed by atoms with Gasteiger partial charge < -0.3 is 10.2 Å². The van der Waals surface area contributed by atoms with Crippen LogP contribution in [0, 0.1) is 11.6 Å². The van der Waals surface area contributed by atoms with Gasteiger partial charge in [-0.25, -0.2) is 17.2 Å². The van der Waals surface area contributed by atoms with Gasteiger partial charge in [-0.05, 0) is 66.1 Å². The lowest BCUT2D eigenvalue weighted by Gasteiger charge is -2.34. The standard InChI is InChI=1S/C33H33F2N3O4S/c1-2-21-36-33(40)31(22-25-9-5-3-6-10-25)37(23-26-13-15-27(34)16-14-26)32(39)24-38(29-19-17-28(35)18-20-29)43(41,42)30-11-7-4-8-12-30/h3-20,31H,2,21-24H2,1H3,(H,36,40)/t31-/m0/s1. The predicted octanol–water partition coefficient (Wildman–Crippen LogP) is 5.33. The number of benzene rings is 4. The molecule has 0 saturated carbocycles. The summed E-state index contributed by atoms with van der Waals surface area (Å²) < 4.78 is 56.2. The van der Waals surface area contributed by atoms with Gasteiger partial charge in [-0.2, -0.15) is 0 Å². The van der Waals surface area contributed by atoms with Crippen LogP contribution >= 0.6 is 0 Å². The maximum atomic E-state index is 14.2. The fraction of sp³-hybridized carbons (Fsp3) is 0.212. The molecule has 0 bridgehead atoms. The maximum Gasteiger partial charge on any atom is 0.264 e. The topological polar surface area (TPSA) is 86.8 Å². The third kappa shape index (κ3) is 8.26. The van der Waals surface area contributed by atoms with Crippen molar-refractivity contribution in [3.8, 4) is 0 Å². The van der Waals surface area contributed by atoms with E-state index in [1.807, 2.05) is 37.3 Å². The van der Waals surface area contributed by atoms with Gasteiger partial charge in [-0.1, -0.05) is 67.6 Å². The second-order valence-corrected chi connectivity index (χ2v) is 11.8. The number of nitrogens with zero attached hydrogens (tertiary/aromatic N) is 2. The molecule has 10 heteroatoms. The Morgan fingerprint density at radius 3 is 1.91 bits per heavy atom. The predicted molar refractivity (Wildman–Crippen MR) is 162 cm³/mol. The monoisotopic (exact) mass is 605 g/mol. The lowest BCUT2D eigenvalue weighted by Crippen LogP contribution is -2.53. The van der Waals surface area contributed by atoms with Gasteiger partial charge in [0.05, 0.1) is 10.6 Å². The summed E-state index contributed by atoms with van der Waals surface area (Å²) in [5.74, 6) is -2.10. The molecule has 1 atom stereocenters. The average molecular weight is 606 g/mol. The summed E-state index contributed by atoms with van der Waals surface area (Å²) in [7, 11) is -4.28. The van der Waals surface area contributed by atoms with Gasteiger partial charge in [0.15, 0.2) is 0 Å². The second kappa shape index (κ2) is 14.6. The van der Waals surface area contributed by atoms with E-state index in [1.54, 1.807) is 18.2 Å². The first kappa shape index (κ1) is 31.4. The van der Waals surface area contributed by atoms with Crippen molar-refractivity contribution in [1.29, 1.82) is 0 Å². The van der Waals surface area contributed by atoms with Crippen molar-refractivity contribution in [2.75, 3.05) is 17.4 Å². The van der Waals surface area contributed by atoms with Gasteiger partial charge in [0, 0.05) is 19.5 Å². The summed E-state index contributed by atoms with van der Waals surface area (Å²) >= 11 is 0. The number of sulfonamides is 1. The number of halogens is 2. The van der Waals surface area contributed by atoms with Crippen molar-refractivity contribution in [3.05, 3.63) is 132 Å². The van der Waals surface area contributed by atoms with Gasteiger partial charge in [-0.15, -0.1) is 0 Å². The van der Waals surface area contributed by atoms with E-state index < -0.39 is 46.1 Å². The van der Waals surface area contributed by atoms with Crippen LogP contribution in [-0.2, 0) is 32.6 Å². The molecule has 7 nitrogen and oxygen atoms in total. The normalized spacial score (nSPS) is 11.9. The van der Waals surface area contributed by atoms with Crippen LogP contribution in [-0.4, -0.2) is 44.3 Å². The fourth-order valence-electron chi connectivity index (χ4n) is 4.56. The van der Waals surface area contributed by atoms with Crippen LogP contribution in [0.25, 0.3) is 0 Å². The molecular formula is C33H33F2N3O4S. The molecule has 0 aromatic heterocycles. The van der Waals surface area contributed by atoms with Gasteiger partial charge in [-0.3, -0.25) is 13.9 Å². The van der Waals surface area contributed by atoms with Crippen LogP contribution in [0.5, 0.6) is 0 Å². The molecule has 2 amide bonds. The van der Waals surface area contributed by atoms with Crippen LogP contribution in [0.4, 0.5) is 14.5 Å². The number of rotatable bonds is 13. The van der Waals surface area contributed by atoms with Crippen molar-refractivity contribution < 1.29 is 26.8 Å². The quantitative estimate of drug-likeness (QED) is 0.223. The van der Waals surface area contributed by atoms with E-state index in [9.17, 15) is 26.8 Å². The first-order valence-corrected chi connectivity index (χ1v) is 15.3. The molecule has 0 aliphatic carbocycles. The Balaban J connectivity index is 1.78. The van der Waals surface area contributed by atoms with Crippen molar-refractivity contribution in [1.82, 2.24) is 10.2 Å². The van der Waals surface area contributed by atoms with E-state index in [4.69, 9.17) is 0 Å². The fourth-order valence-corrected chi connectivity index (χ4v) is 6.00. The van der Waals surface area contributed by atoms with Crippen molar-refractivity contribution in [2.45, 2.75) is 37.2 Å². The second-order valence-electron chi connectivity index (χ2n) is 9.95. The number of hydrogen-bond donors (Lipinski definition) is 1. The molecule has 0 aliphatic rings. The first-order chi connectivity index (χ1) is 20.7. The minimum absolute atomic E-state index is 0.0567. The van der Waals surface area contributed by atoms with E-state index in [2.05, 4.69) is 5.32 Å². The molecule has 0 saturated heterocycles. The number of hydrogen-bond acceptors (Lipinski definition) is 4. The van der Waals surface area contributed by atoms with Crippen molar-refractivity contribution in [2.24, 2.45) is 0 Å². The largest absolute Gasteiger partial charge is 0.354 e. The molecule has 0 unspecified atom stereocenters. The average Bonchev–Trinajstić information content (AvgIpc) is 3.02. The van der Waals surface area contributed by atoms with E-state index in [-0.39, 0.29) is 23.5 Å². The number of carbonyl (C=O) groups is 2. The number of carbonyl (C=O) groups excluding carboxylic acids is 2. The highest BCUT2D eigenvalue weighted by Gasteiger charge is 2.34. The lowest BCUT2D eigenvalue weighted by atomic mass is 10.0. The molecule has 1 N–H and O–H groups in total. The Morgan fingerprint density at radius 2 is 1.33 bits per heavy atom. The molecule has 4 aromatic rings. The van der Waals surface area contributed by atoms with Gasteiger partial charge in [0.25, 0.3) is 10.0 Å².